The second kappa shape index (κ2) is 8.78. The molecule has 5 rings (SSSR count). The van der Waals surface area contributed by atoms with Gasteiger partial charge in [0.1, 0.15) is 0 Å². The minimum absolute atomic E-state index is 0.576. The zero-order valence-corrected chi connectivity index (χ0v) is 18.1. The Hall–Kier alpha value is -3.75. The number of hydrogen-bond acceptors (Lipinski definition) is 5. The van der Waals surface area contributed by atoms with Crippen LogP contribution in [0.2, 0.25) is 0 Å². The molecule has 158 valence electrons. The molecule has 1 N–H and O–H groups in total. The van der Waals surface area contributed by atoms with Gasteiger partial charge in [-0.3, -0.25) is 0 Å². The van der Waals surface area contributed by atoms with E-state index in [9.17, 15) is 5.26 Å². The number of piperidine rings is 1. The Morgan fingerprint density at radius 3 is 2.53 bits per heavy atom. The largest absolute Gasteiger partial charge is 0.324 e. The SMILES string of the molecule is CN1CCC(c2ccc(Nc3ncc4ccc(-c5cccc(C#N)c5)cc4n3)cc2)CC1. The van der Waals surface area contributed by atoms with E-state index in [4.69, 9.17) is 4.98 Å². The van der Waals surface area contributed by atoms with E-state index in [1.807, 2.05) is 48.7 Å². The second-order valence-electron chi connectivity index (χ2n) is 8.48. The van der Waals surface area contributed by atoms with Crippen molar-refractivity contribution in [3.63, 3.8) is 0 Å². The van der Waals surface area contributed by atoms with Gasteiger partial charge in [0.25, 0.3) is 0 Å². The average molecular weight is 420 g/mol. The summed E-state index contributed by atoms with van der Waals surface area (Å²) in [6.45, 7) is 2.33. The molecule has 32 heavy (non-hydrogen) atoms. The molecule has 1 aromatic heterocycles. The number of hydrogen-bond donors (Lipinski definition) is 1. The van der Waals surface area contributed by atoms with Gasteiger partial charge in [0.15, 0.2) is 0 Å². The van der Waals surface area contributed by atoms with Crippen molar-refractivity contribution in [2.24, 2.45) is 0 Å². The zero-order chi connectivity index (χ0) is 21.9. The summed E-state index contributed by atoms with van der Waals surface area (Å²) in [4.78, 5) is 11.6. The van der Waals surface area contributed by atoms with Crippen molar-refractivity contribution in [1.29, 1.82) is 5.26 Å². The lowest BCUT2D eigenvalue weighted by Crippen LogP contribution is -2.29. The molecule has 0 radical (unpaired) electrons. The lowest BCUT2D eigenvalue weighted by atomic mass is 9.89. The molecule has 1 fully saturated rings. The molecule has 0 bridgehead atoms. The van der Waals surface area contributed by atoms with Crippen LogP contribution in [-0.4, -0.2) is 35.0 Å². The monoisotopic (exact) mass is 419 g/mol. The number of anilines is 2. The first-order valence-electron chi connectivity index (χ1n) is 11.0. The second-order valence-corrected chi connectivity index (χ2v) is 8.48. The van der Waals surface area contributed by atoms with Gasteiger partial charge in [0.2, 0.25) is 5.95 Å². The van der Waals surface area contributed by atoms with Gasteiger partial charge in [-0.15, -0.1) is 0 Å². The van der Waals surface area contributed by atoms with E-state index in [0.717, 1.165) is 27.7 Å². The van der Waals surface area contributed by atoms with Crippen molar-refractivity contribution in [1.82, 2.24) is 14.9 Å². The van der Waals surface area contributed by atoms with E-state index in [1.165, 1.54) is 31.5 Å². The number of nitriles is 1. The number of aromatic nitrogens is 2. The molecule has 5 nitrogen and oxygen atoms in total. The van der Waals surface area contributed by atoms with E-state index < -0.39 is 0 Å². The molecule has 1 aliphatic heterocycles. The molecule has 0 atom stereocenters. The summed E-state index contributed by atoms with van der Waals surface area (Å²) in [5, 5.41) is 13.5. The Bertz CT molecular complexity index is 1280. The smallest absolute Gasteiger partial charge is 0.227 e. The molecule has 2 heterocycles. The number of rotatable bonds is 4. The number of fused-ring (bicyclic) bond motifs is 1. The molecule has 0 spiro atoms. The normalized spacial score (nSPS) is 14.9. The first kappa shape index (κ1) is 20.2. The fourth-order valence-corrected chi connectivity index (χ4v) is 4.34. The van der Waals surface area contributed by atoms with Crippen LogP contribution >= 0.6 is 0 Å². The standard InChI is InChI=1S/C27H25N5/c1-32-13-11-21(12-14-32)20-7-9-25(10-8-20)30-27-29-18-24-6-5-23(16-26(24)31-27)22-4-2-3-19(15-22)17-28/h2-10,15-16,18,21H,11-14H2,1H3,(H,29,30,31). The van der Waals surface area contributed by atoms with E-state index >= 15 is 0 Å². The van der Waals surface area contributed by atoms with Crippen LogP contribution in [0, 0.1) is 11.3 Å². The van der Waals surface area contributed by atoms with Crippen molar-refractivity contribution in [3.05, 3.63) is 84.1 Å². The predicted octanol–water partition coefficient (Wildman–Crippen LogP) is 5.72. The van der Waals surface area contributed by atoms with Crippen LogP contribution in [0.15, 0.2) is 72.9 Å². The van der Waals surface area contributed by atoms with E-state index in [-0.39, 0.29) is 0 Å². The first-order valence-corrected chi connectivity index (χ1v) is 11.0. The topological polar surface area (TPSA) is 64.8 Å². The fourth-order valence-electron chi connectivity index (χ4n) is 4.34. The number of benzene rings is 3. The third-order valence-electron chi connectivity index (χ3n) is 6.26. The van der Waals surface area contributed by atoms with Crippen LogP contribution < -0.4 is 5.32 Å². The quantitative estimate of drug-likeness (QED) is 0.458. The molecule has 0 aliphatic carbocycles. The molecule has 4 aromatic rings. The molecule has 1 saturated heterocycles. The number of nitrogens with zero attached hydrogens (tertiary/aromatic N) is 4. The van der Waals surface area contributed by atoms with Gasteiger partial charge >= 0.3 is 0 Å². The van der Waals surface area contributed by atoms with Gasteiger partial charge in [-0.1, -0.05) is 36.4 Å². The van der Waals surface area contributed by atoms with E-state index in [2.05, 4.69) is 52.6 Å². The summed E-state index contributed by atoms with van der Waals surface area (Å²) in [5.41, 5.74) is 5.94. The van der Waals surface area contributed by atoms with Crippen LogP contribution in [0.5, 0.6) is 0 Å². The Morgan fingerprint density at radius 1 is 0.969 bits per heavy atom. The summed E-state index contributed by atoms with van der Waals surface area (Å²) in [7, 11) is 2.19. The van der Waals surface area contributed by atoms with Gasteiger partial charge in [-0.05, 0) is 85.9 Å². The van der Waals surface area contributed by atoms with Crippen LogP contribution in [-0.2, 0) is 0 Å². The van der Waals surface area contributed by atoms with Crippen molar-refractivity contribution < 1.29 is 0 Å². The molecule has 5 heteroatoms. The lowest BCUT2D eigenvalue weighted by molar-refractivity contribution is 0.255. The molecular formula is C27H25N5. The summed E-state index contributed by atoms with van der Waals surface area (Å²) < 4.78 is 0. The van der Waals surface area contributed by atoms with Crippen molar-refractivity contribution in [3.8, 4) is 17.2 Å². The van der Waals surface area contributed by atoms with Crippen LogP contribution in [0.1, 0.15) is 29.9 Å². The zero-order valence-electron chi connectivity index (χ0n) is 18.1. The number of nitrogens with one attached hydrogen (secondary N) is 1. The first-order chi connectivity index (χ1) is 15.7. The van der Waals surface area contributed by atoms with Gasteiger partial charge in [-0.2, -0.15) is 5.26 Å². The molecule has 0 unspecified atom stereocenters. The minimum Gasteiger partial charge on any atom is -0.324 e. The Morgan fingerprint density at radius 2 is 1.75 bits per heavy atom. The highest BCUT2D eigenvalue weighted by molar-refractivity contribution is 5.84. The molecule has 0 amide bonds. The Balaban J connectivity index is 1.36. The third kappa shape index (κ3) is 4.32. The highest BCUT2D eigenvalue weighted by Gasteiger charge is 2.18. The van der Waals surface area contributed by atoms with Crippen LogP contribution in [0.4, 0.5) is 11.6 Å². The Labute approximate surface area is 188 Å². The minimum atomic E-state index is 0.576. The van der Waals surface area contributed by atoms with Crippen molar-refractivity contribution in [2.75, 3.05) is 25.5 Å². The van der Waals surface area contributed by atoms with Gasteiger partial charge < -0.3 is 10.2 Å². The van der Waals surface area contributed by atoms with Gasteiger partial charge in [0.05, 0.1) is 17.1 Å². The van der Waals surface area contributed by atoms with E-state index in [1.54, 1.807) is 0 Å². The maximum atomic E-state index is 9.18. The lowest BCUT2D eigenvalue weighted by Gasteiger charge is -2.29. The fraction of sp³-hybridized carbons (Fsp3) is 0.222. The maximum absolute atomic E-state index is 9.18. The van der Waals surface area contributed by atoms with Gasteiger partial charge in [0, 0.05) is 17.3 Å². The van der Waals surface area contributed by atoms with Gasteiger partial charge in [-0.25, -0.2) is 9.97 Å². The molecule has 3 aromatic carbocycles. The maximum Gasteiger partial charge on any atom is 0.227 e. The average Bonchev–Trinajstić information content (AvgIpc) is 2.85. The van der Waals surface area contributed by atoms with Crippen molar-refractivity contribution >= 4 is 22.5 Å². The van der Waals surface area contributed by atoms with Crippen LogP contribution in [0.25, 0.3) is 22.0 Å². The summed E-state index contributed by atoms with van der Waals surface area (Å²) in [6.07, 6.45) is 4.28. The Kier molecular flexibility index (Phi) is 5.53. The summed E-state index contributed by atoms with van der Waals surface area (Å²) in [6, 6.07) is 24.6. The molecule has 1 aliphatic rings. The van der Waals surface area contributed by atoms with E-state index in [0.29, 0.717) is 17.4 Å². The summed E-state index contributed by atoms with van der Waals surface area (Å²) in [5.74, 6) is 1.22. The highest BCUT2D eigenvalue weighted by atomic mass is 15.1. The highest BCUT2D eigenvalue weighted by Crippen LogP contribution is 2.29. The van der Waals surface area contributed by atoms with Crippen molar-refractivity contribution in [2.45, 2.75) is 18.8 Å². The molecular weight excluding hydrogens is 394 g/mol. The molecule has 0 saturated carbocycles. The predicted molar refractivity (Wildman–Crippen MR) is 129 cm³/mol. The number of likely N-dealkylation sites (tertiary alicyclic amines) is 1. The third-order valence-corrected chi connectivity index (χ3v) is 6.26. The van der Waals surface area contributed by atoms with Crippen LogP contribution in [0.3, 0.4) is 0 Å². The summed E-state index contributed by atoms with van der Waals surface area (Å²) >= 11 is 0.